The van der Waals surface area contributed by atoms with Gasteiger partial charge in [0.2, 0.25) is 0 Å². The molecule has 3 heteroatoms. The van der Waals surface area contributed by atoms with Crippen molar-refractivity contribution in [2.45, 2.75) is 32.4 Å². The van der Waals surface area contributed by atoms with E-state index in [9.17, 15) is 0 Å². The largest absolute Gasteiger partial charge is 0.378 e. The van der Waals surface area contributed by atoms with Gasteiger partial charge in [0, 0.05) is 25.7 Å². The summed E-state index contributed by atoms with van der Waals surface area (Å²) in [5.41, 5.74) is 5.62. The predicted molar refractivity (Wildman–Crippen MR) is 50.0 cm³/mol. The summed E-state index contributed by atoms with van der Waals surface area (Å²) in [7, 11) is 0. The first-order valence-corrected chi connectivity index (χ1v) is 4.78. The second-order valence-electron chi connectivity index (χ2n) is 3.76. The Morgan fingerprint density at radius 2 is 2.42 bits per heavy atom. The van der Waals surface area contributed by atoms with Crippen molar-refractivity contribution < 1.29 is 4.74 Å². The van der Waals surface area contributed by atoms with Gasteiger partial charge in [0.15, 0.2) is 0 Å². The van der Waals surface area contributed by atoms with Gasteiger partial charge in [-0.2, -0.15) is 0 Å². The van der Waals surface area contributed by atoms with Crippen LogP contribution >= 0.6 is 0 Å². The molecule has 0 aromatic heterocycles. The fourth-order valence-corrected chi connectivity index (χ4v) is 1.54. The molecule has 0 spiro atoms. The maximum absolute atomic E-state index is 5.62. The van der Waals surface area contributed by atoms with Crippen molar-refractivity contribution >= 4 is 0 Å². The number of hydrogen-bond donors (Lipinski definition) is 2. The molecule has 0 bridgehead atoms. The minimum absolute atomic E-state index is 0.252. The first-order chi connectivity index (χ1) is 5.70. The Bertz CT molecular complexity index is 128. The summed E-state index contributed by atoms with van der Waals surface area (Å²) in [5, 5.41) is 3.35. The van der Waals surface area contributed by atoms with E-state index in [-0.39, 0.29) is 6.04 Å². The number of hydrogen-bond acceptors (Lipinski definition) is 3. The van der Waals surface area contributed by atoms with Gasteiger partial charge in [-0.1, -0.05) is 0 Å². The number of nitrogens with two attached hydrogens (primary N) is 1. The highest BCUT2D eigenvalue weighted by atomic mass is 16.5. The fourth-order valence-electron chi connectivity index (χ4n) is 1.54. The highest BCUT2D eigenvalue weighted by Gasteiger charge is 2.23. The lowest BCUT2D eigenvalue weighted by atomic mass is 10.0. The summed E-state index contributed by atoms with van der Waals surface area (Å²) in [5.74, 6) is 0.684. The Morgan fingerprint density at radius 3 is 2.92 bits per heavy atom. The highest BCUT2D eigenvalue weighted by Crippen LogP contribution is 2.18. The Labute approximate surface area is 74.7 Å². The molecule has 3 unspecified atom stereocenters. The van der Waals surface area contributed by atoms with Gasteiger partial charge in [-0.05, 0) is 26.2 Å². The van der Waals surface area contributed by atoms with E-state index < -0.39 is 0 Å². The van der Waals surface area contributed by atoms with E-state index in [1.807, 2.05) is 6.92 Å². The smallest absolute Gasteiger partial charge is 0.0588 e. The molecule has 3 N–H and O–H groups in total. The monoisotopic (exact) mass is 172 g/mol. The summed E-state index contributed by atoms with van der Waals surface area (Å²) in [6.07, 6.45) is 1.61. The van der Waals surface area contributed by atoms with Crippen LogP contribution in [0.15, 0.2) is 0 Å². The SMILES string of the molecule is CC(N)CNCC1CCOC1C. The molecule has 3 atom stereocenters. The van der Waals surface area contributed by atoms with E-state index in [0.717, 1.165) is 19.7 Å². The zero-order chi connectivity index (χ0) is 8.97. The standard InChI is InChI=1S/C9H20N2O/c1-7(10)5-11-6-9-3-4-12-8(9)2/h7-9,11H,3-6,10H2,1-2H3. The van der Waals surface area contributed by atoms with Crippen LogP contribution in [-0.4, -0.2) is 31.8 Å². The molecule has 1 saturated heterocycles. The van der Waals surface area contributed by atoms with Gasteiger partial charge in [0.05, 0.1) is 6.10 Å². The van der Waals surface area contributed by atoms with Crippen molar-refractivity contribution in [3.05, 3.63) is 0 Å². The van der Waals surface area contributed by atoms with Gasteiger partial charge in [0.1, 0.15) is 0 Å². The molecule has 3 nitrogen and oxygen atoms in total. The summed E-state index contributed by atoms with van der Waals surface area (Å²) < 4.78 is 5.45. The zero-order valence-electron chi connectivity index (χ0n) is 8.05. The molecule has 0 saturated carbocycles. The average Bonchev–Trinajstić information content (AvgIpc) is 2.36. The number of ether oxygens (including phenoxy) is 1. The van der Waals surface area contributed by atoms with Crippen LogP contribution in [0.1, 0.15) is 20.3 Å². The second-order valence-corrected chi connectivity index (χ2v) is 3.76. The minimum Gasteiger partial charge on any atom is -0.378 e. The Hall–Kier alpha value is -0.120. The molecule has 1 rings (SSSR count). The molecule has 72 valence electrons. The van der Waals surface area contributed by atoms with Crippen molar-refractivity contribution in [3.8, 4) is 0 Å². The van der Waals surface area contributed by atoms with Crippen molar-refractivity contribution in [3.63, 3.8) is 0 Å². The summed E-state index contributed by atoms with van der Waals surface area (Å²) in [4.78, 5) is 0. The van der Waals surface area contributed by atoms with Gasteiger partial charge in [-0.15, -0.1) is 0 Å². The van der Waals surface area contributed by atoms with E-state index in [4.69, 9.17) is 10.5 Å². The molecule has 0 amide bonds. The normalized spacial score (nSPS) is 32.2. The molecule has 0 radical (unpaired) electrons. The molecule has 1 aliphatic heterocycles. The van der Waals surface area contributed by atoms with Crippen LogP contribution in [0.5, 0.6) is 0 Å². The predicted octanol–water partition coefficient (Wildman–Crippen LogP) is 0.348. The van der Waals surface area contributed by atoms with Gasteiger partial charge in [-0.3, -0.25) is 0 Å². The second kappa shape index (κ2) is 4.80. The maximum Gasteiger partial charge on any atom is 0.0588 e. The van der Waals surface area contributed by atoms with E-state index >= 15 is 0 Å². The van der Waals surface area contributed by atoms with Crippen LogP contribution in [0.3, 0.4) is 0 Å². The molecule has 0 aliphatic carbocycles. The van der Waals surface area contributed by atoms with Crippen LogP contribution in [0.25, 0.3) is 0 Å². The molecule has 0 aromatic carbocycles. The lowest BCUT2D eigenvalue weighted by molar-refractivity contribution is 0.105. The fraction of sp³-hybridized carbons (Fsp3) is 1.00. The summed E-state index contributed by atoms with van der Waals surface area (Å²) in [6, 6.07) is 0.252. The average molecular weight is 172 g/mol. The first kappa shape index (κ1) is 9.96. The van der Waals surface area contributed by atoms with Gasteiger partial charge >= 0.3 is 0 Å². The molecular formula is C9H20N2O. The quantitative estimate of drug-likeness (QED) is 0.643. The van der Waals surface area contributed by atoms with E-state index in [0.29, 0.717) is 12.0 Å². The zero-order valence-corrected chi connectivity index (χ0v) is 8.05. The highest BCUT2D eigenvalue weighted by molar-refractivity contribution is 4.75. The van der Waals surface area contributed by atoms with Gasteiger partial charge in [-0.25, -0.2) is 0 Å². The summed E-state index contributed by atoms with van der Waals surface area (Å²) in [6.45, 7) is 7.03. The third-order valence-electron chi connectivity index (χ3n) is 2.41. The molecule has 1 aliphatic rings. The van der Waals surface area contributed by atoms with E-state index in [2.05, 4.69) is 12.2 Å². The maximum atomic E-state index is 5.62. The van der Waals surface area contributed by atoms with Crippen LogP contribution in [-0.2, 0) is 4.74 Å². The van der Waals surface area contributed by atoms with Crippen molar-refractivity contribution in [1.29, 1.82) is 0 Å². The third-order valence-corrected chi connectivity index (χ3v) is 2.41. The van der Waals surface area contributed by atoms with Crippen LogP contribution < -0.4 is 11.1 Å². The lowest BCUT2D eigenvalue weighted by Crippen LogP contribution is -2.35. The van der Waals surface area contributed by atoms with E-state index in [1.54, 1.807) is 0 Å². The topological polar surface area (TPSA) is 47.3 Å². The molecule has 1 heterocycles. The van der Waals surface area contributed by atoms with Crippen molar-refractivity contribution in [1.82, 2.24) is 5.32 Å². The van der Waals surface area contributed by atoms with Crippen LogP contribution in [0.2, 0.25) is 0 Å². The van der Waals surface area contributed by atoms with Gasteiger partial charge < -0.3 is 15.8 Å². The Kier molecular flexibility index (Phi) is 3.98. The lowest BCUT2D eigenvalue weighted by Gasteiger charge is -2.15. The molecular weight excluding hydrogens is 152 g/mol. The van der Waals surface area contributed by atoms with Crippen molar-refractivity contribution in [2.24, 2.45) is 11.7 Å². The Balaban J connectivity index is 2.06. The summed E-state index contributed by atoms with van der Waals surface area (Å²) >= 11 is 0. The minimum atomic E-state index is 0.252. The van der Waals surface area contributed by atoms with E-state index in [1.165, 1.54) is 6.42 Å². The third kappa shape index (κ3) is 3.09. The Morgan fingerprint density at radius 1 is 1.67 bits per heavy atom. The van der Waals surface area contributed by atoms with Crippen molar-refractivity contribution in [2.75, 3.05) is 19.7 Å². The molecule has 0 aromatic rings. The number of nitrogens with one attached hydrogen (secondary N) is 1. The van der Waals surface area contributed by atoms with Gasteiger partial charge in [0.25, 0.3) is 0 Å². The van der Waals surface area contributed by atoms with Crippen LogP contribution in [0.4, 0.5) is 0 Å². The number of rotatable bonds is 4. The van der Waals surface area contributed by atoms with Crippen LogP contribution in [0, 0.1) is 5.92 Å². The first-order valence-electron chi connectivity index (χ1n) is 4.78. The molecule has 12 heavy (non-hydrogen) atoms. The molecule has 1 fully saturated rings.